The summed E-state index contributed by atoms with van der Waals surface area (Å²) in [5.74, 6) is -0.861. The second kappa shape index (κ2) is 10.9. The molecule has 2 aromatic carbocycles. The highest BCUT2D eigenvalue weighted by molar-refractivity contribution is 7.93. The van der Waals surface area contributed by atoms with Crippen molar-refractivity contribution in [3.8, 4) is 0 Å². The van der Waals surface area contributed by atoms with Gasteiger partial charge in [0.15, 0.2) is 0 Å². The fraction of sp³-hybridized carbons (Fsp3) is 0.379. The Balaban J connectivity index is 1.66. The number of esters is 1. The Labute approximate surface area is 218 Å². The highest BCUT2D eigenvalue weighted by Crippen LogP contribution is 2.42. The van der Waals surface area contributed by atoms with Crippen LogP contribution in [0.5, 0.6) is 0 Å². The Morgan fingerprint density at radius 3 is 2.43 bits per heavy atom. The van der Waals surface area contributed by atoms with Gasteiger partial charge in [-0.1, -0.05) is 63.9 Å². The topological polar surface area (TPSA) is 106 Å². The molecule has 0 saturated heterocycles. The summed E-state index contributed by atoms with van der Waals surface area (Å²) in [5, 5.41) is 11.8. The number of nitrogens with zero attached hydrogens (tertiary/aromatic N) is 1. The van der Waals surface area contributed by atoms with E-state index in [1.54, 1.807) is 36.5 Å². The molecule has 2 N–H and O–H groups in total. The lowest BCUT2D eigenvalue weighted by Gasteiger charge is -2.38. The first-order chi connectivity index (χ1) is 17.7. The zero-order chi connectivity index (χ0) is 26.6. The smallest absolute Gasteiger partial charge is 0.338 e. The predicted octanol–water partition coefficient (Wildman–Crippen LogP) is 6.63. The van der Waals surface area contributed by atoms with Crippen LogP contribution in [0.2, 0.25) is 0 Å². The second-order valence-electron chi connectivity index (χ2n) is 9.63. The van der Waals surface area contributed by atoms with Gasteiger partial charge >= 0.3 is 5.97 Å². The molecule has 0 radical (unpaired) electrons. The van der Waals surface area contributed by atoms with E-state index in [4.69, 9.17) is 4.74 Å². The quantitative estimate of drug-likeness (QED) is 0.290. The normalized spacial score (nSPS) is 16.5. The minimum atomic E-state index is -3.93. The first kappa shape index (κ1) is 26.7. The molecule has 0 bridgehead atoms. The summed E-state index contributed by atoms with van der Waals surface area (Å²) in [4.78, 5) is 17.6. The SMILES string of the molecule is CCCC1(CCC)CC(O)=C(C(CC)c2cccc(NS(=O)(=O)c3cccc4cccnc34)c2)C(=O)O1. The number of aromatic nitrogens is 1. The van der Waals surface area contributed by atoms with Crippen LogP contribution in [0.4, 0.5) is 5.69 Å². The molecule has 2 heterocycles. The molecule has 0 amide bonds. The maximum Gasteiger partial charge on any atom is 0.338 e. The summed E-state index contributed by atoms with van der Waals surface area (Å²) in [7, 11) is -3.93. The molecule has 3 aromatic rings. The lowest BCUT2D eigenvalue weighted by molar-refractivity contribution is -0.161. The number of nitrogens with one attached hydrogen (secondary N) is 1. The number of carbonyl (C=O) groups excluding carboxylic acids is 1. The van der Waals surface area contributed by atoms with Gasteiger partial charge in [-0.2, -0.15) is 0 Å². The van der Waals surface area contributed by atoms with Gasteiger partial charge in [-0.15, -0.1) is 0 Å². The van der Waals surface area contributed by atoms with Crippen molar-refractivity contribution in [2.75, 3.05) is 4.72 Å². The summed E-state index contributed by atoms with van der Waals surface area (Å²) in [6, 6.07) is 15.5. The zero-order valence-electron chi connectivity index (χ0n) is 21.5. The van der Waals surface area contributed by atoms with Gasteiger partial charge in [-0.3, -0.25) is 9.71 Å². The number of fused-ring (bicyclic) bond motifs is 1. The van der Waals surface area contributed by atoms with E-state index in [2.05, 4.69) is 9.71 Å². The fourth-order valence-electron chi connectivity index (χ4n) is 5.39. The number of rotatable bonds is 10. The standard InChI is InChI=1S/C29H34N2O5S/c1-4-15-29(16-5-2)19-24(32)26(28(33)36-29)23(6-3)21-11-7-13-22(18-21)31-37(34,35)25-14-8-10-20-12-9-17-30-27(20)25/h7-14,17-18,23,31-32H,4-6,15-16,19H2,1-3H3. The van der Waals surface area contributed by atoms with Crippen LogP contribution in [0.25, 0.3) is 10.9 Å². The number of pyridine rings is 1. The van der Waals surface area contributed by atoms with Crippen molar-refractivity contribution in [1.29, 1.82) is 0 Å². The monoisotopic (exact) mass is 522 g/mol. The molecule has 0 spiro atoms. The molecule has 1 aromatic heterocycles. The Bertz CT molecular complexity index is 1420. The van der Waals surface area contributed by atoms with Crippen molar-refractivity contribution in [2.45, 2.75) is 75.7 Å². The third-order valence-electron chi connectivity index (χ3n) is 6.92. The Morgan fingerprint density at radius 2 is 1.76 bits per heavy atom. The molecule has 0 saturated carbocycles. The number of ether oxygens (including phenoxy) is 1. The lowest BCUT2D eigenvalue weighted by atomic mass is 9.80. The molecular formula is C29H34N2O5S. The van der Waals surface area contributed by atoms with Crippen LogP contribution in [-0.2, 0) is 19.6 Å². The largest absolute Gasteiger partial charge is 0.512 e. The van der Waals surface area contributed by atoms with Gasteiger partial charge in [0.25, 0.3) is 10.0 Å². The van der Waals surface area contributed by atoms with Crippen molar-refractivity contribution in [3.63, 3.8) is 0 Å². The van der Waals surface area contributed by atoms with Crippen molar-refractivity contribution >= 4 is 32.6 Å². The Morgan fingerprint density at radius 1 is 1.05 bits per heavy atom. The number of sulfonamides is 1. The summed E-state index contributed by atoms with van der Waals surface area (Å²) in [6.07, 6.45) is 5.48. The van der Waals surface area contributed by atoms with Crippen LogP contribution in [0, 0.1) is 0 Å². The molecule has 7 nitrogen and oxygen atoms in total. The molecule has 8 heteroatoms. The van der Waals surface area contributed by atoms with Crippen LogP contribution in [-0.4, -0.2) is 30.1 Å². The van der Waals surface area contributed by atoms with Crippen LogP contribution in [0.1, 0.15) is 70.8 Å². The second-order valence-corrected chi connectivity index (χ2v) is 11.3. The molecule has 0 fully saturated rings. The average Bonchev–Trinajstić information content (AvgIpc) is 2.86. The minimum Gasteiger partial charge on any atom is -0.512 e. The van der Waals surface area contributed by atoms with E-state index < -0.39 is 27.5 Å². The molecule has 1 aliphatic rings. The third-order valence-corrected chi connectivity index (χ3v) is 8.34. The summed E-state index contributed by atoms with van der Waals surface area (Å²) >= 11 is 0. The van der Waals surface area contributed by atoms with Crippen LogP contribution >= 0.6 is 0 Å². The van der Waals surface area contributed by atoms with E-state index in [1.165, 1.54) is 6.07 Å². The molecule has 1 atom stereocenters. The fourth-order valence-corrected chi connectivity index (χ4v) is 6.62. The highest BCUT2D eigenvalue weighted by Gasteiger charge is 2.42. The van der Waals surface area contributed by atoms with E-state index in [1.807, 2.05) is 39.0 Å². The van der Waals surface area contributed by atoms with Crippen LogP contribution < -0.4 is 4.72 Å². The number of anilines is 1. The molecule has 0 aliphatic carbocycles. The number of hydrogen-bond acceptors (Lipinski definition) is 6. The van der Waals surface area contributed by atoms with Crippen molar-refractivity contribution in [3.05, 3.63) is 77.7 Å². The number of cyclic esters (lactones) is 1. The van der Waals surface area contributed by atoms with Gasteiger partial charge in [0.2, 0.25) is 0 Å². The number of aliphatic hydroxyl groups excluding tert-OH is 1. The molecule has 196 valence electrons. The van der Waals surface area contributed by atoms with Gasteiger partial charge in [0, 0.05) is 29.6 Å². The molecule has 37 heavy (non-hydrogen) atoms. The zero-order valence-corrected chi connectivity index (χ0v) is 22.3. The van der Waals surface area contributed by atoms with E-state index in [9.17, 15) is 18.3 Å². The summed E-state index contributed by atoms with van der Waals surface area (Å²) in [6.45, 7) is 6.01. The third kappa shape index (κ3) is 5.49. The first-order valence-corrected chi connectivity index (χ1v) is 14.3. The molecule has 1 unspecified atom stereocenters. The van der Waals surface area contributed by atoms with Crippen LogP contribution in [0.3, 0.4) is 0 Å². The van der Waals surface area contributed by atoms with Gasteiger partial charge in [-0.25, -0.2) is 13.2 Å². The first-order valence-electron chi connectivity index (χ1n) is 12.9. The van der Waals surface area contributed by atoms with Crippen molar-refractivity contribution in [2.24, 2.45) is 0 Å². The molecule has 4 rings (SSSR count). The maximum atomic E-state index is 13.3. The Hall–Kier alpha value is -3.39. The van der Waals surface area contributed by atoms with Gasteiger partial charge in [0.1, 0.15) is 16.3 Å². The number of hydrogen-bond donors (Lipinski definition) is 2. The number of benzene rings is 2. The van der Waals surface area contributed by atoms with Gasteiger partial charge < -0.3 is 9.84 Å². The van der Waals surface area contributed by atoms with Crippen LogP contribution in [0.15, 0.2) is 77.0 Å². The predicted molar refractivity (Wildman–Crippen MR) is 145 cm³/mol. The maximum absolute atomic E-state index is 13.3. The summed E-state index contributed by atoms with van der Waals surface area (Å²) < 4.78 is 35.2. The van der Waals surface area contributed by atoms with E-state index in [0.717, 1.165) is 23.8 Å². The highest BCUT2D eigenvalue weighted by atomic mass is 32.2. The molecule has 1 aliphatic heterocycles. The average molecular weight is 523 g/mol. The lowest BCUT2D eigenvalue weighted by Crippen LogP contribution is -2.41. The van der Waals surface area contributed by atoms with E-state index >= 15 is 0 Å². The number of aliphatic hydroxyl groups is 1. The van der Waals surface area contributed by atoms with Gasteiger partial charge in [0.05, 0.1) is 11.1 Å². The molecular weight excluding hydrogens is 488 g/mol. The van der Waals surface area contributed by atoms with Crippen molar-refractivity contribution in [1.82, 2.24) is 4.98 Å². The number of carbonyl (C=O) groups is 1. The Kier molecular flexibility index (Phi) is 7.87. The number of para-hydroxylation sites is 1. The summed E-state index contributed by atoms with van der Waals surface area (Å²) in [5.41, 5.74) is 1.05. The van der Waals surface area contributed by atoms with E-state index in [-0.39, 0.29) is 16.2 Å². The minimum absolute atomic E-state index is 0.0674. The van der Waals surface area contributed by atoms with Gasteiger partial charge in [-0.05, 0) is 49.1 Å². The van der Waals surface area contributed by atoms with Crippen molar-refractivity contribution < 1.29 is 23.1 Å². The van der Waals surface area contributed by atoms with E-state index in [0.29, 0.717) is 36.9 Å².